The van der Waals surface area contributed by atoms with Gasteiger partial charge in [0.25, 0.3) is 0 Å². The first kappa shape index (κ1) is 34.4. The maximum atomic E-state index is 2.45. The molecule has 256 valence electrons. The Kier molecular flexibility index (Phi) is 10.5. The fraction of sp³-hybridized carbons (Fsp3) is 0.167. The maximum absolute atomic E-state index is 2.45. The summed E-state index contributed by atoms with van der Waals surface area (Å²) in [4.78, 5) is 0. The summed E-state index contributed by atoms with van der Waals surface area (Å²) < 4.78 is 8.42. The summed E-state index contributed by atoms with van der Waals surface area (Å²) in [6.45, 7) is 0. The van der Waals surface area contributed by atoms with E-state index in [4.69, 9.17) is 0 Å². The molecule has 10 rings (SSSR count). The predicted molar refractivity (Wildman–Crippen MR) is 214 cm³/mol. The maximum Gasteiger partial charge on any atom is 0.175 e. The van der Waals surface area contributed by atoms with Crippen LogP contribution in [0, 0.1) is 0 Å². The summed E-state index contributed by atoms with van der Waals surface area (Å²) in [6.07, 6.45) is 39.0. The van der Waals surface area contributed by atoms with Crippen molar-refractivity contribution in [3.63, 3.8) is 0 Å². The van der Waals surface area contributed by atoms with Crippen molar-refractivity contribution in [3.8, 4) is 0 Å². The number of benzene rings is 2. The summed E-state index contributed by atoms with van der Waals surface area (Å²) in [7, 11) is 8.30. The van der Waals surface area contributed by atoms with Gasteiger partial charge in [0, 0.05) is 46.5 Å². The molecule has 0 atom stereocenters. The zero-order chi connectivity index (χ0) is 35.9. The molecule has 52 heavy (non-hydrogen) atoms. The molecule has 4 aliphatic rings. The molecule has 0 N–H and O–H groups in total. The van der Waals surface area contributed by atoms with Gasteiger partial charge in [-0.3, -0.25) is 0 Å². The van der Waals surface area contributed by atoms with Gasteiger partial charge < -0.3 is 0 Å². The van der Waals surface area contributed by atoms with Crippen LogP contribution >= 0.6 is 0 Å². The van der Waals surface area contributed by atoms with Crippen LogP contribution < -0.4 is 18.3 Å². The molecule has 0 aliphatic heterocycles. The van der Waals surface area contributed by atoms with E-state index in [-0.39, 0.29) is 0 Å². The lowest BCUT2D eigenvalue weighted by Gasteiger charge is -2.19. The number of hydrogen-bond donors (Lipinski definition) is 0. The molecule has 0 saturated heterocycles. The number of aryl methyl sites for hydroxylation is 8. The van der Waals surface area contributed by atoms with Gasteiger partial charge >= 0.3 is 0 Å². The highest BCUT2D eigenvalue weighted by Crippen LogP contribution is 2.30. The third-order valence-electron chi connectivity index (χ3n) is 9.80. The summed E-state index contributed by atoms with van der Waals surface area (Å²) in [5, 5.41) is 0. The molecule has 0 saturated carbocycles. The lowest BCUT2D eigenvalue weighted by molar-refractivity contribution is -0.671. The molecule has 4 aromatic heterocycles. The topological polar surface area (TPSA) is 15.5 Å². The van der Waals surface area contributed by atoms with Crippen molar-refractivity contribution in [2.24, 2.45) is 28.2 Å². The minimum absolute atomic E-state index is 0.932. The Bertz CT molecular complexity index is 2020. The van der Waals surface area contributed by atoms with Crippen molar-refractivity contribution < 1.29 is 18.3 Å². The van der Waals surface area contributed by atoms with Crippen LogP contribution in [0.5, 0.6) is 0 Å². The first-order chi connectivity index (χ1) is 25.3. The molecular formula is C48H48N4+4. The van der Waals surface area contributed by atoms with E-state index in [0.29, 0.717) is 0 Å². The molecule has 6 aromatic rings. The third kappa shape index (κ3) is 8.83. The molecule has 4 heteroatoms. The Balaban J connectivity index is 1.33. The van der Waals surface area contributed by atoms with Gasteiger partial charge in [0.2, 0.25) is 0 Å². The molecule has 0 amide bonds. The van der Waals surface area contributed by atoms with E-state index in [2.05, 4.69) is 217 Å². The standard InChI is InChI=1S/C48H48N4/c1-49-25-5-9-37(33-49)13-17-41-29-46-23-24-48-32-43(19-15-39-11-7-27-51(3)35-39)47(31-44(48)20-16-40-12-8-28-52(4)36-40)22-21-45(41)30-42(46)18-14-38-10-6-26-50(2)34-38/h5-20,25-36H,21-24H2,1-4H3/q+4/b17-13+,18-14+,19-15+,20-16+. The lowest BCUT2D eigenvalue weighted by atomic mass is 9.86. The van der Waals surface area contributed by atoms with Gasteiger partial charge in [0.05, 0.1) is 0 Å². The van der Waals surface area contributed by atoms with Crippen LogP contribution in [0.25, 0.3) is 48.6 Å². The third-order valence-corrected chi connectivity index (χ3v) is 9.80. The van der Waals surface area contributed by atoms with E-state index in [1.54, 1.807) is 0 Å². The van der Waals surface area contributed by atoms with Crippen LogP contribution in [0.1, 0.15) is 66.8 Å². The molecule has 0 fully saturated rings. The van der Waals surface area contributed by atoms with E-state index in [1.807, 2.05) is 0 Å². The highest BCUT2D eigenvalue weighted by Gasteiger charge is 2.15. The number of pyridine rings is 4. The molecule has 4 aliphatic carbocycles. The van der Waals surface area contributed by atoms with Gasteiger partial charge in [-0.05, 0) is 119 Å². The Morgan fingerprint density at radius 3 is 0.788 bits per heavy atom. The van der Waals surface area contributed by atoms with Gasteiger partial charge in [-0.15, -0.1) is 0 Å². The monoisotopic (exact) mass is 680 g/mol. The first-order valence-corrected chi connectivity index (χ1v) is 18.2. The van der Waals surface area contributed by atoms with Crippen LogP contribution in [-0.2, 0) is 53.9 Å². The average molecular weight is 681 g/mol. The van der Waals surface area contributed by atoms with E-state index in [1.165, 1.54) is 66.8 Å². The summed E-state index contributed by atoms with van der Waals surface area (Å²) >= 11 is 0. The van der Waals surface area contributed by atoms with Crippen LogP contribution in [-0.4, -0.2) is 0 Å². The quantitative estimate of drug-likeness (QED) is 0.148. The van der Waals surface area contributed by atoms with Crippen LogP contribution in [0.4, 0.5) is 0 Å². The van der Waals surface area contributed by atoms with Crippen LogP contribution in [0.2, 0.25) is 0 Å². The Labute approximate surface area is 309 Å². The molecule has 2 aromatic carbocycles. The van der Waals surface area contributed by atoms with Gasteiger partial charge in [-0.25, -0.2) is 18.3 Å². The fourth-order valence-electron chi connectivity index (χ4n) is 7.06. The highest BCUT2D eigenvalue weighted by molar-refractivity contribution is 5.78. The normalized spacial score (nSPS) is 13.2. The van der Waals surface area contributed by atoms with Crippen molar-refractivity contribution >= 4 is 48.6 Å². The van der Waals surface area contributed by atoms with Crippen LogP contribution in [0.3, 0.4) is 0 Å². The number of hydrogen-bond acceptors (Lipinski definition) is 0. The minimum atomic E-state index is 0.932. The fourth-order valence-corrected chi connectivity index (χ4v) is 7.06. The van der Waals surface area contributed by atoms with Gasteiger partial charge in [-0.2, -0.15) is 0 Å². The van der Waals surface area contributed by atoms with Crippen molar-refractivity contribution in [1.82, 2.24) is 0 Å². The molecule has 0 spiro atoms. The van der Waals surface area contributed by atoms with E-state index >= 15 is 0 Å². The zero-order valence-corrected chi connectivity index (χ0v) is 30.8. The summed E-state index contributed by atoms with van der Waals surface area (Å²) in [6, 6.07) is 26.9. The smallest absolute Gasteiger partial charge is 0.175 e. The molecule has 0 radical (unpaired) electrons. The second kappa shape index (κ2) is 15.9. The van der Waals surface area contributed by atoms with E-state index in [0.717, 1.165) is 25.7 Å². The Hall–Kier alpha value is -6.00. The van der Waals surface area contributed by atoms with Crippen molar-refractivity contribution in [2.75, 3.05) is 0 Å². The highest BCUT2D eigenvalue weighted by atomic mass is 14.9. The van der Waals surface area contributed by atoms with Crippen molar-refractivity contribution in [1.29, 1.82) is 0 Å². The lowest BCUT2D eigenvalue weighted by Crippen LogP contribution is -2.26. The molecule has 4 bridgehead atoms. The molecule has 4 nitrogen and oxygen atoms in total. The average Bonchev–Trinajstić information content (AvgIpc) is 3.13. The number of rotatable bonds is 8. The van der Waals surface area contributed by atoms with Gasteiger partial charge in [-0.1, -0.05) is 48.6 Å². The Morgan fingerprint density at radius 1 is 0.346 bits per heavy atom. The van der Waals surface area contributed by atoms with Crippen molar-refractivity contribution in [2.45, 2.75) is 25.7 Å². The SMILES string of the molecule is C[n+]1cccc(/C=C/c2cc3c(/C=C/c4ccc[n+](C)c4)cc2CCc2cc(/C=C/c4ccc[n+](C)c4)c(cc2/C=C/c2ccc[n+](C)c2)CC3)c1. The van der Waals surface area contributed by atoms with Crippen molar-refractivity contribution in [3.05, 3.63) is 189 Å². The summed E-state index contributed by atoms with van der Waals surface area (Å²) in [5.41, 5.74) is 15.4. The number of nitrogens with zero attached hydrogens (tertiary/aromatic N) is 4. The Morgan fingerprint density at radius 2 is 0.577 bits per heavy atom. The predicted octanol–water partition coefficient (Wildman–Crippen LogP) is 7.55. The second-order valence-corrected chi connectivity index (χ2v) is 14.0. The van der Waals surface area contributed by atoms with Gasteiger partial charge in [0.1, 0.15) is 28.2 Å². The number of aromatic nitrogens is 4. The molecule has 4 heterocycles. The minimum Gasteiger partial charge on any atom is -0.207 e. The second-order valence-electron chi connectivity index (χ2n) is 14.0. The van der Waals surface area contributed by atoms with Crippen LogP contribution in [0.15, 0.2) is 122 Å². The molecule has 0 unspecified atom stereocenters. The zero-order valence-electron chi connectivity index (χ0n) is 30.8. The summed E-state index contributed by atoms with van der Waals surface area (Å²) in [5.74, 6) is 0. The largest absolute Gasteiger partial charge is 0.207 e. The molecular weight excluding hydrogens is 633 g/mol. The van der Waals surface area contributed by atoms with Gasteiger partial charge in [0.15, 0.2) is 49.6 Å². The van der Waals surface area contributed by atoms with E-state index < -0.39 is 0 Å². The first-order valence-electron chi connectivity index (χ1n) is 18.2. The van der Waals surface area contributed by atoms with E-state index in [9.17, 15) is 0 Å².